The summed E-state index contributed by atoms with van der Waals surface area (Å²) >= 11 is 0. The van der Waals surface area contributed by atoms with Crippen LogP contribution in [0.5, 0.6) is 5.75 Å². The average Bonchev–Trinajstić information content (AvgIpc) is 2.56. The Morgan fingerprint density at radius 3 is 2.33 bits per heavy atom. The van der Waals surface area contributed by atoms with E-state index >= 15 is 0 Å². The van der Waals surface area contributed by atoms with Gasteiger partial charge in [0.25, 0.3) is 0 Å². The van der Waals surface area contributed by atoms with Gasteiger partial charge in [-0.3, -0.25) is 4.79 Å². The molecule has 0 radical (unpaired) electrons. The maximum atomic E-state index is 12.7. The van der Waals surface area contributed by atoms with E-state index in [1.54, 1.807) is 0 Å². The maximum Gasteiger partial charge on any atom is 0.317 e. The Kier molecular flexibility index (Phi) is 2.99. The highest BCUT2D eigenvalue weighted by Crippen LogP contribution is 2.50. The first-order chi connectivity index (χ1) is 10.3. The molecule has 2 aromatic carbocycles. The van der Waals surface area contributed by atoms with Gasteiger partial charge in [-0.2, -0.15) is 0 Å². The molecule has 2 bridgehead atoms. The minimum Gasteiger partial charge on any atom is -0.426 e. The fourth-order valence-electron chi connectivity index (χ4n) is 4.00. The fraction of sp³-hybridized carbons (Fsp3) is 0.421. The molecular formula is C19H20O2. The standard InChI is InChI=1S/C19H20O2/c20-18(19-10-7-14(8-11-19)9-12-19)21-17-6-5-15-3-1-2-4-16(15)13-17/h1-6,13-14H,7-12H2. The highest BCUT2D eigenvalue weighted by Gasteiger charge is 2.47. The summed E-state index contributed by atoms with van der Waals surface area (Å²) in [6, 6.07) is 14.1. The van der Waals surface area contributed by atoms with Gasteiger partial charge < -0.3 is 4.74 Å². The van der Waals surface area contributed by atoms with Gasteiger partial charge in [0.05, 0.1) is 5.41 Å². The molecule has 3 aliphatic carbocycles. The van der Waals surface area contributed by atoms with Gasteiger partial charge in [-0.25, -0.2) is 0 Å². The van der Waals surface area contributed by atoms with Crippen LogP contribution >= 0.6 is 0 Å². The first kappa shape index (κ1) is 12.9. The monoisotopic (exact) mass is 280 g/mol. The molecule has 2 aromatic rings. The van der Waals surface area contributed by atoms with Crippen LogP contribution < -0.4 is 4.74 Å². The van der Waals surface area contributed by atoms with E-state index in [2.05, 4.69) is 12.1 Å². The van der Waals surface area contributed by atoms with E-state index in [4.69, 9.17) is 4.74 Å². The van der Waals surface area contributed by atoms with Crippen molar-refractivity contribution in [2.24, 2.45) is 11.3 Å². The molecule has 0 atom stereocenters. The zero-order valence-corrected chi connectivity index (χ0v) is 12.2. The zero-order valence-electron chi connectivity index (χ0n) is 12.2. The van der Waals surface area contributed by atoms with Crippen molar-refractivity contribution in [2.45, 2.75) is 38.5 Å². The van der Waals surface area contributed by atoms with Gasteiger partial charge >= 0.3 is 5.97 Å². The third kappa shape index (κ3) is 2.23. The number of carbonyl (C=O) groups excluding carboxylic acids is 1. The number of benzene rings is 2. The Labute approximate surface area is 125 Å². The molecule has 0 heterocycles. The Hall–Kier alpha value is -1.83. The number of hydrogen-bond acceptors (Lipinski definition) is 2. The number of fused-ring (bicyclic) bond motifs is 4. The lowest BCUT2D eigenvalue weighted by Crippen LogP contribution is -2.42. The molecule has 2 heteroatoms. The van der Waals surface area contributed by atoms with Crippen LogP contribution in [0.25, 0.3) is 10.8 Å². The number of carbonyl (C=O) groups is 1. The van der Waals surface area contributed by atoms with Crippen LogP contribution in [0.1, 0.15) is 38.5 Å². The lowest BCUT2D eigenvalue weighted by molar-refractivity contribution is -0.152. The van der Waals surface area contributed by atoms with Crippen LogP contribution in [0.15, 0.2) is 42.5 Å². The topological polar surface area (TPSA) is 26.3 Å². The third-order valence-electron chi connectivity index (χ3n) is 5.46. The van der Waals surface area contributed by atoms with Crippen molar-refractivity contribution in [3.05, 3.63) is 42.5 Å². The van der Waals surface area contributed by atoms with Crippen LogP contribution in [0.2, 0.25) is 0 Å². The van der Waals surface area contributed by atoms with Crippen molar-refractivity contribution >= 4 is 16.7 Å². The Balaban J connectivity index is 1.57. The Bertz CT molecular complexity index is 667. The van der Waals surface area contributed by atoms with Crippen molar-refractivity contribution in [3.8, 4) is 5.75 Å². The highest BCUT2D eigenvalue weighted by molar-refractivity contribution is 5.85. The SMILES string of the molecule is O=C(Oc1ccc2ccccc2c1)C12CCC(CC1)CC2. The normalized spacial score (nSPS) is 27.7. The highest BCUT2D eigenvalue weighted by atomic mass is 16.5. The lowest BCUT2D eigenvalue weighted by atomic mass is 9.61. The molecule has 0 spiro atoms. The van der Waals surface area contributed by atoms with Gasteiger partial charge in [0, 0.05) is 0 Å². The van der Waals surface area contributed by atoms with Gasteiger partial charge in [-0.15, -0.1) is 0 Å². The number of esters is 1. The van der Waals surface area contributed by atoms with E-state index in [-0.39, 0.29) is 11.4 Å². The van der Waals surface area contributed by atoms with Crippen molar-refractivity contribution in [1.82, 2.24) is 0 Å². The molecule has 3 aliphatic rings. The predicted molar refractivity (Wildman–Crippen MR) is 83.2 cm³/mol. The number of rotatable bonds is 2. The summed E-state index contributed by atoms with van der Waals surface area (Å²) in [7, 11) is 0. The summed E-state index contributed by atoms with van der Waals surface area (Å²) in [5.74, 6) is 1.54. The fourth-order valence-corrected chi connectivity index (χ4v) is 4.00. The quantitative estimate of drug-likeness (QED) is 0.588. The number of ether oxygens (including phenoxy) is 1. The maximum absolute atomic E-state index is 12.7. The molecule has 2 nitrogen and oxygen atoms in total. The molecule has 0 aromatic heterocycles. The van der Waals surface area contributed by atoms with E-state index in [9.17, 15) is 4.79 Å². The van der Waals surface area contributed by atoms with Crippen LogP contribution in [0.3, 0.4) is 0 Å². The smallest absolute Gasteiger partial charge is 0.317 e. The van der Waals surface area contributed by atoms with Crippen LogP contribution in [-0.4, -0.2) is 5.97 Å². The minimum atomic E-state index is -0.194. The first-order valence-electron chi connectivity index (χ1n) is 7.96. The molecule has 0 amide bonds. The van der Waals surface area contributed by atoms with E-state index in [1.807, 2.05) is 30.3 Å². The molecule has 0 unspecified atom stereocenters. The van der Waals surface area contributed by atoms with Crippen molar-refractivity contribution in [3.63, 3.8) is 0 Å². The first-order valence-corrected chi connectivity index (χ1v) is 7.96. The van der Waals surface area contributed by atoms with Gasteiger partial charge in [0.15, 0.2) is 0 Å². The van der Waals surface area contributed by atoms with Crippen molar-refractivity contribution in [1.29, 1.82) is 0 Å². The van der Waals surface area contributed by atoms with Crippen LogP contribution in [0, 0.1) is 11.3 Å². The largest absolute Gasteiger partial charge is 0.426 e. The van der Waals surface area contributed by atoms with Gasteiger partial charge in [-0.05, 0) is 67.3 Å². The van der Waals surface area contributed by atoms with E-state index in [0.717, 1.165) is 30.6 Å². The minimum absolute atomic E-state index is 0.00377. The Morgan fingerprint density at radius 1 is 0.952 bits per heavy atom. The summed E-state index contributed by atoms with van der Waals surface area (Å²) < 4.78 is 5.74. The molecule has 0 aliphatic heterocycles. The summed E-state index contributed by atoms with van der Waals surface area (Å²) in [6.07, 6.45) is 6.66. The van der Waals surface area contributed by atoms with E-state index < -0.39 is 0 Å². The third-order valence-corrected chi connectivity index (χ3v) is 5.46. The van der Waals surface area contributed by atoms with Crippen molar-refractivity contribution < 1.29 is 9.53 Å². The van der Waals surface area contributed by atoms with Crippen molar-refractivity contribution in [2.75, 3.05) is 0 Å². The molecule has 3 saturated carbocycles. The predicted octanol–water partition coefficient (Wildman–Crippen LogP) is 4.72. The second-order valence-electron chi connectivity index (χ2n) is 6.66. The molecule has 3 fully saturated rings. The van der Waals surface area contributed by atoms with E-state index in [0.29, 0.717) is 5.75 Å². The van der Waals surface area contributed by atoms with E-state index in [1.165, 1.54) is 24.6 Å². The van der Waals surface area contributed by atoms with Gasteiger partial charge in [0.1, 0.15) is 5.75 Å². The van der Waals surface area contributed by atoms with Crippen LogP contribution in [-0.2, 0) is 4.79 Å². The summed E-state index contributed by atoms with van der Waals surface area (Å²) in [6.45, 7) is 0. The Morgan fingerprint density at radius 2 is 1.62 bits per heavy atom. The number of hydrogen-bond donors (Lipinski definition) is 0. The van der Waals surface area contributed by atoms with Crippen LogP contribution in [0.4, 0.5) is 0 Å². The second kappa shape index (κ2) is 4.87. The second-order valence-corrected chi connectivity index (χ2v) is 6.66. The molecular weight excluding hydrogens is 260 g/mol. The summed E-state index contributed by atoms with van der Waals surface area (Å²) in [4.78, 5) is 12.7. The summed E-state index contributed by atoms with van der Waals surface area (Å²) in [5, 5.41) is 2.29. The zero-order chi connectivity index (χ0) is 14.3. The summed E-state index contributed by atoms with van der Waals surface area (Å²) in [5.41, 5.74) is -0.194. The molecule has 0 saturated heterocycles. The molecule has 5 rings (SSSR count). The van der Waals surface area contributed by atoms with Gasteiger partial charge in [0.2, 0.25) is 0 Å². The average molecular weight is 280 g/mol. The van der Waals surface area contributed by atoms with Gasteiger partial charge in [-0.1, -0.05) is 30.3 Å². The lowest BCUT2D eigenvalue weighted by Gasteiger charge is -2.44. The molecule has 0 N–H and O–H groups in total. The molecule has 108 valence electrons. The molecule has 21 heavy (non-hydrogen) atoms.